The Labute approximate surface area is 179 Å². The van der Waals surface area contributed by atoms with Gasteiger partial charge in [0.25, 0.3) is 0 Å². The number of fused-ring (bicyclic) bond motifs is 2. The molecule has 0 bridgehead atoms. The Balaban J connectivity index is 0.000000171. The van der Waals surface area contributed by atoms with Gasteiger partial charge in [0.1, 0.15) is 11.2 Å². The topological polar surface area (TPSA) is 99.5 Å². The number of hydrogen-bond donors (Lipinski definition) is 2. The van der Waals surface area contributed by atoms with Crippen molar-refractivity contribution >= 4 is 12.2 Å². The maximum atomic E-state index is 11.7. The fraction of sp³-hybridized carbons (Fsp3) is 0.909. The predicted octanol–water partition coefficient (Wildman–Crippen LogP) is 2.75. The van der Waals surface area contributed by atoms with Gasteiger partial charge in [-0.1, -0.05) is 0 Å². The summed E-state index contributed by atoms with van der Waals surface area (Å²) in [6, 6.07) is 0.0275. The molecule has 2 saturated heterocycles. The van der Waals surface area contributed by atoms with Crippen LogP contribution in [0, 0.1) is 11.8 Å². The van der Waals surface area contributed by atoms with Crippen LogP contribution in [0.5, 0.6) is 0 Å². The lowest BCUT2D eigenvalue weighted by atomic mass is 9.92. The highest BCUT2D eigenvalue weighted by Crippen LogP contribution is 2.40. The summed E-state index contributed by atoms with van der Waals surface area (Å²) in [7, 11) is 0. The summed E-state index contributed by atoms with van der Waals surface area (Å²) in [5.41, 5.74) is -0.905. The van der Waals surface area contributed by atoms with E-state index >= 15 is 0 Å². The van der Waals surface area contributed by atoms with E-state index in [9.17, 15) is 19.8 Å². The highest BCUT2D eigenvalue weighted by molar-refractivity contribution is 5.70. The fourth-order valence-corrected chi connectivity index (χ4v) is 4.91. The molecule has 172 valence electrons. The second-order valence-electron chi connectivity index (χ2n) is 11.1. The minimum Gasteiger partial charge on any atom is -0.444 e. The molecule has 0 aromatic rings. The Morgan fingerprint density at radius 3 is 1.30 bits per heavy atom. The molecule has 0 aromatic heterocycles. The van der Waals surface area contributed by atoms with E-state index in [2.05, 4.69) is 0 Å². The van der Waals surface area contributed by atoms with Crippen LogP contribution in [0.2, 0.25) is 0 Å². The van der Waals surface area contributed by atoms with Gasteiger partial charge in [-0.2, -0.15) is 0 Å². The van der Waals surface area contributed by atoms with Crippen molar-refractivity contribution in [3.63, 3.8) is 0 Å². The number of carbonyl (C=O) groups is 2. The van der Waals surface area contributed by atoms with Gasteiger partial charge in [-0.3, -0.25) is 0 Å². The molecule has 8 heteroatoms. The zero-order valence-corrected chi connectivity index (χ0v) is 19.1. The maximum absolute atomic E-state index is 11.7. The molecule has 2 saturated carbocycles. The van der Waals surface area contributed by atoms with E-state index < -0.39 is 11.2 Å². The molecule has 0 unspecified atom stereocenters. The normalized spacial score (nSPS) is 34.7. The molecule has 2 aliphatic heterocycles. The standard InChI is InChI=1S/2C11H19NO3/c2*1-11(2,3)15-10(14)12-6-7-4-5-8(13)9(7)12/h2*7-9,13H,4-6H2,1-3H3/t2*7-,8+,9+/m10/s1. The molecule has 4 fully saturated rings. The molecule has 2 amide bonds. The van der Waals surface area contributed by atoms with Crippen molar-refractivity contribution in [2.24, 2.45) is 11.8 Å². The van der Waals surface area contributed by atoms with Crippen molar-refractivity contribution in [1.29, 1.82) is 0 Å². The number of hydrogen-bond acceptors (Lipinski definition) is 6. The van der Waals surface area contributed by atoms with Gasteiger partial charge < -0.3 is 29.5 Å². The van der Waals surface area contributed by atoms with E-state index in [-0.39, 0.29) is 36.5 Å². The van der Waals surface area contributed by atoms with Crippen LogP contribution in [-0.2, 0) is 9.47 Å². The minimum absolute atomic E-state index is 0.0137. The lowest BCUT2D eigenvalue weighted by Gasteiger charge is -2.45. The molecule has 0 spiro atoms. The number of rotatable bonds is 0. The van der Waals surface area contributed by atoms with Crippen molar-refractivity contribution < 1.29 is 29.3 Å². The molecular formula is C22H38N2O6. The van der Waals surface area contributed by atoms with Crippen LogP contribution >= 0.6 is 0 Å². The third-order valence-electron chi connectivity index (χ3n) is 6.26. The predicted molar refractivity (Wildman–Crippen MR) is 111 cm³/mol. The van der Waals surface area contributed by atoms with Gasteiger partial charge in [-0.15, -0.1) is 0 Å². The molecule has 2 N–H and O–H groups in total. The Morgan fingerprint density at radius 1 is 0.700 bits per heavy atom. The lowest BCUT2D eigenvalue weighted by molar-refractivity contribution is -0.0480. The number of ether oxygens (including phenoxy) is 2. The summed E-state index contributed by atoms with van der Waals surface area (Å²) < 4.78 is 10.5. The molecule has 4 aliphatic rings. The average Bonchev–Trinajstić information content (AvgIpc) is 2.91. The Morgan fingerprint density at radius 2 is 1.03 bits per heavy atom. The van der Waals surface area contributed by atoms with Gasteiger partial charge in [0.15, 0.2) is 0 Å². The first-order valence-corrected chi connectivity index (χ1v) is 11.1. The molecule has 0 radical (unpaired) electrons. The third kappa shape index (κ3) is 5.02. The molecule has 4 rings (SSSR count). The minimum atomic E-state index is -0.453. The average molecular weight is 427 g/mol. The number of likely N-dealkylation sites (tertiary alicyclic amines) is 2. The highest BCUT2D eigenvalue weighted by Gasteiger charge is 2.51. The Kier molecular flexibility index (Phi) is 6.31. The summed E-state index contributed by atoms with van der Waals surface area (Å²) >= 11 is 0. The first-order chi connectivity index (χ1) is 13.8. The van der Waals surface area contributed by atoms with E-state index in [0.717, 1.165) is 38.8 Å². The Hall–Kier alpha value is -1.54. The molecule has 2 heterocycles. The molecular weight excluding hydrogens is 388 g/mol. The number of carbonyl (C=O) groups excluding carboxylic acids is 2. The van der Waals surface area contributed by atoms with Gasteiger partial charge in [-0.25, -0.2) is 9.59 Å². The van der Waals surface area contributed by atoms with E-state index in [1.165, 1.54) is 0 Å². The largest absolute Gasteiger partial charge is 0.444 e. The third-order valence-corrected chi connectivity index (χ3v) is 6.26. The fourth-order valence-electron chi connectivity index (χ4n) is 4.91. The first kappa shape index (κ1) is 23.1. The van der Waals surface area contributed by atoms with Gasteiger partial charge in [0, 0.05) is 13.1 Å². The van der Waals surface area contributed by atoms with Gasteiger partial charge in [0.05, 0.1) is 24.3 Å². The van der Waals surface area contributed by atoms with Crippen LogP contribution in [-0.4, -0.2) is 80.8 Å². The quantitative estimate of drug-likeness (QED) is 0.618. The van der Waals surface area contributed by atoms with Crippen LogP contribution in [0.25, 0.3) is 0 Å². The van der Waals surface area contributed by atoms with E-state index in [0.29, 0.717) is 11.8 Å². The summed E-state index contributed by atoms with van der Waals surface area (Å²) in [6.07, 6.45) is 2.42. The zero-order chi connectivity index (χ0) is 22.4. The molecule has 6 atom stereocenters. The van der Waals surface area contributed by atoms with E-state index in [1.54, 1.807) is 9.80 Å². The smallest absolute Gasteiger partial charge is 0.410 e. The van der Waals surface area contributed by atoms with E-state index in [4.69, 9.17) is 9.47 Å². The summed E-state index contributed by atoms with van der Waals surface area (Å²) in [6.45, 7) is 12.6. The van der Waals surface area contributed by atoms with Crippen molar-refractivity contribution in [3.8, 4) is 0 Å². The molecule has 0 aromatic carbocycles. The van der Waals surface area contributed by atoms with Crippen LogP contribution in [0.1, 0.15) is 67.2 Å². The van der Waals surface area contributed by atoms with Gasteiger partial charge >= 0.3 is 12.2 Å². The number of amides is 2. The summed E-state index contributed by atoms with van der Waals surface area (Å²) in [5.74, 6) is 0.986. The molecule has 2 aliphatic carbocycles. The van der Waals surface area contributed by atoms with Gasteiger partial charge in [0.2, 0.25) is 0 Å². The first-order valence-electron chi connectivity index (χ1n) is 11.1. The van der Waals surface area contributed by atoms with Crippen molar-refractivity contribution in [1.82, 2.24) is 9.80 Å². The SMILES string of the molecule is CC(C)(C)OC(=O)N1C[C@@H]2CC[C@@H](O)[C@@H]21.CC(C)(C)OC(=O)N1C[C@H]2CC[C@H](O)[C@H]21. The Bertz CT molecular complexity index is 587. The number of aliphatic hydroxyl groups is 2. The van der Waals surface area contributed by atoms with Crippen LogP contribution in [0.3, 0.4) is 0 Å². The zero-order valence-electron chi connectivity index (χ0n) is 19.1. The summed E-state index contributed by atoms with van der Waals surface area (Å²) in [4.78, 5) is 26.8. The molecule has 8 nitrogen and oxygen atoms in total. The monoisotopic (exact) mass is 426 g/mol. The second-order valence-corrected chi connectivity index (χ2v) is 11.1. The number of nitrogens with zero attached hydrogens (tertiary/aromatic N) is 2. The highest BCUT2D eigenvalue weighted by atomic mass is 16.6. The lowest BCUT2D eigenvalue weighted by Crippen LogP contribution is -2.60. The van der Waals surface area contributed by atoms with Crippen LogP contribution in [0.15, 0.2) is 0 Å². The number of aliphatic hydroxyl groups excluding tert-OH is 2. The van der Waals surface area contributed by atoms with E-state index in [1.807, 2.05) is 41.5 Å². The van der Waals surface area contributed by atoms with Crippen molar-refractivity contribution in [2.45, 2.75) is 103 Å². The van der Waals surface area contributed by atoms with Gasteiger partial charge in [-0.05, 0) is 79.1 Å². The van der Waals surface area contributed by atoms with Crippen LogP contribution in [0.4, 0.5) is 9.59 Å². The van der Waals surface area contributed by atoms with Crippen LogP contribution < -0.4 is 0 Å². The summed E-state index contributed by atoms with van der Waals surface area (Å²) in [5, 5.41) is 19.4. The maximum Gasteiger partial charge on any atom is 0.410 e. The van der Waals surface area contributed by atoms with Crippen molar-refractivity contribution in [2.75, 3.05) is 13.1 Å². The second kappa shape index (κ2) is 8.19. The molecule has 30 heavy (non-hydrogen) atoms. The van der Waals surface area contributed by atoms with Crippen molar-refractivity contribution in [3.05, 3.63) is 0 Å².